The van der Waals surface area contributed by atoms with Gasteiger partial charge in [-0.25, -0.2) is 4.79 Å². The van der Waals surface area contributed by atoms with Gasteiger partial charge in [-0.1, -0.05) is 26.7 Å². The summed E-state index contributed by atoms with van der Waals surface area (Å²) < 4.78 is 5.74. The van der Waals surface area contributed by atoms with E-state index in [0.717, 1.165) is 31.2 Å². The van der Waals surface area contributed by atoms with E-state index in [-0.39, 0.29) is 17.9 Å². The average molecular weight is 354 g/mol. The van der Waals surface area contributed by atoms with Crippen LogP contribution in [-0.4, -0.2) is 29.4 Å². The van der Waals surface area contributed by atoms with Gasteiger partial charge in [-0.3, -0.25) is 0 Å². The van der Waals surface area contributed by atoms with Gasteiger partial charge in [0.2, 0.25) is 5.75 Å². The monoisotopic (exact) mass is 354 g/mol. The van der Waals surface area contributed by atoms with Crippen molar-refractivity contribution >= 4 is 5.97 Å². The topological polar surface area (TPSA) is 85.2 Å². The van der Waals surface area contributed by atoms with Crippen molar-refractivity contribution in [3.63, 3.8) is 0 Å². The van der Waals surface area contributed by atoms with Gasteiger partial charge < -0.3 is 19.8 Å². The van der Waals surface area contributed by atoms with Crippen molar-refractivity contribution < 1.29 is 29.5 Å². The first-order valence-electron chi connectivity index (χ1n) is 9.09. The van der Waals surface area contributed by atoms with E-state index in [1.807, 2.05) is 13.8 Å². The number of carboxylic acid groups (broad SMARTS) is 1. The van der Waals surface area contributed by atoms with E-state index >= 15 is 0 Å². The highest BCUT2D eigenvalue weighted by Crippen LogP contribution is 2.46. The number of hydrogen-bond donors (Lipinski definition) is 2. The van der Waals surface area contributed by atoms with Gasteiger partial charge in [0.05, 0.1) is 13.2 Å². The summed E-state index contributed by atoms with van der Waals surface area (Å²) in [7, 11) is 0. The van der Waals surface area contributed by atoms with Crippen molar-refractivity contribution in [3.05, 3.63) is 16.7 Å². The SMILES string of the molecule is CCCCc1c(CCCC)c(C(=O)O)c(O)c(OOCC)c1OCC. The number of ether oxygens (including phenoxy) is 1. The van der Waals surface area contributed by atoms with E-state index < -0.39 is 11.7 Å². The third kappa shape index (κ3) is 5.26. The van der Waals surface area contributed by atoms with Crippen LogP contribution in [0.15, 0.2) is 0 Å². The normalized spacial score (nSPS) is 10.7. The Morgan fingerprint density at radius 1 is 0.920 bits per heavy atom. The Labute approximate surface area is 149 Å². The second-order valence-corrected chi connectivity index (χ2v) is 5.77. The molecule has 6 nitrogen and oxygen atoms in total. The zero-order chi connectivity index (χ0) is 18.8. The summed E-state index contributed by atoms with van der Waals surface area (Å²) in [5.74, 6) is -1.27. The minimum absolute atomic E-state index is 0.0487. The molecule has 1 aromatic carbocycles. The number of hydrogen-bond acceptors (Lipinski definition) is 5. The van der Waals surface area contributed by atoms with Gasteiger partial charge in [-0.05, 0) is 45.1 Å². The molecular formula is C19H30O6. The molecule has 0 aliphatic heterocycles. The van der Waals surface area contributed by atoms with Crippen molar-refractivity contribution in [1.82, 2.24) is 0 Å². The van der Waals surface area contributed by atoms with Crippen molar-refractivity contribution in [3.8, 4) is 17.2 Å². The van der Waals surface area contributed by atoms with E-state index in [1.165, 1.54) is 0 Å². The number of aromatic carboxylic acids is 1. The molecular weight excluding hydrogens is 324 g/mol. The van der Waals surface area contributed by atoms with Gasteiger partial charge in [0.25, 0.3) is 0 Å². The molecule has 1 rings (SSSR count). The van der Waals surface area contributed by atoms with Gasteiger partial charge >= 0.3 is 5.97 Å². The standard InChI is InChI=1S/C19H30O6/c1-5-9-11-13-14(12-10-6-2)17(23-7-3)18(25-24-8-4)16(20)15(13)19(21)22/h20H,5-12H2,1-4H3,(H,21,22). The molecule has 0 heterocycles. The van der Waals surface area contributed by atoms with E-state index in [4.69, 9.17) is 14.5 Å². The van der Waals surface area contributed by atoms with Crippen molar-refractivity contribution in [2.45, 2.75) is 66.2 Å². The molecule has 142 valence electrons. The second-order valence-electron chi connectivity index (χ2n) is 5.77. The molecule has 0 aliphatic carbocycles. The van der Waals surface area contributed by atoms with Gasteiger partial charge in [-0.2, -0.15) is 4.89 Å². The quantitative estimate of drug-likeness (QED) is 0.424. The first-order chi connectivity index (χ1) is 12.0. The molecule has 0 saturated heterocycles. The Hall–Kier alpha value is -1.95. The maximum absolute atomic E-state index is 11.8. The third-order valence-electron chi connectivity index (χ3n) is 3.92. The van der Waals surface area contributed by atoms with Crippen LogP contribution in [0.25, 0.3) is 0 Å². The summed E-state index contributed by atoms with van der Waals surface area (Å²) in [5, 5.41) is 20.2. The molecule has 0 saturated carbocycles. The summed E-state index contributed by atoms with van der Waals surface area (Å²) in [4.78, 5) is 22.0. The van der Waals surface area contributed by atoms with Crippen LogP contribution in [0.1, 0.15) is 74.9 Å². The summed E-state index contributed by atoms with van der Waals surface area (Å²) in [6.07, 6.45) is 4.83. The Morgan fingerprint density at radius 3 is 2.00 bits per heavy atom. The largest absolute Gasteiger partial charge is 0.503 e. The zero-order valence-electron chi connectivity index (χ0n) is 15.7. The van der Waals surface area contributed by atoms with Crippen LogP contribution < -0.4 is 9.62 Å². The molecule has 1 aromatic rings. The Balaban J connectivity index is 3.66. The molecule has 25 heavy (non-hydrogen) atoms. The summed E-state index contributed by atoms with van der Waals surface area (Å²) in [6.45, 7) is 8.32. The summed E-state index contributed by atoms with van der Waals surface area (Å²) in [6, 6.07) is 0. The maximum atomic E-state index is 11.8. The number of benzene rings is 1. The van der Waals surface area contributed by atoms with Crippen LogP contribution in [0.2, 0.25) is 0 Å². The third-order valence-corrected chi connectivity index (χ3v) is 3.92. The fraction of sp³-hybridized carbons (Fsp3) is 0.632. The van der Waals surface area contributed by atoms with Gasteiger partial charge in [0.15, 0.2) is 11.5 Å². The van der Waals surface area contributed by atoms with Crippen molar-refractivity contribution in [2.75, 3.05) is 13.2 Å². The van der Waals surface area contributed by atoms with Crippen LogP contribution in [0.4, 0.5) is 0 Å². The second kappa shape index (κ2) is 10.8. The molecule has 0 aromatic heterocycles. The lowest BCUT2D eigenvalue weighted by Crippen LogP contribution is -2.12. The molecule has 0 radical (unpaired) electrons. The minimum atomic E-state index is -1.18. The lowest BCUT2D eigenvalue weighted by Gasteiger charge is -2.21. The molecule has 0 atom stereocenters. The predicted octanol–water partition coefficient (Wildman–Crippen LogP) is 4.50. The minimum Gasteiger partial charge on any atom is -0.503 e. The van der Waals surface area contributed by atoms with Crippen LogP contribution >= 0.6 is 0 Å². The molecule has 0 fully saturated rings. The molecule has 0 aliphatic rings. The molecule has 0 bridgehead atoms. The number of phenols is 1. The molecule has 0 amide bonds. The first-order valence-corrected chi connectivity index (χ1v) is 9.09. The number of carbonyl (C=O) groups is 1. The molecule has 0 spiro atoms. The van der Waals surface area contributed by atoms with Crippen molar-refractivity contribution in [1.29, 1.82) is 0 Å². The van der Waals surface area contributed by atoms with Crippen LogP contribution in [0, 0.1) is 0 Å². The van der Waals surface area contributed by atoms with Crippen LogP contribution in [0.5, 0.6) is 17.2 Å². The van der Waals surface area contributed by atoms with Crippen molar-refractivity contribution in [2.24, 2.45) is 0 Å². The number of carboxylic acids is 1. The first kappa shape index (κ1) is 21.1. The molecule has 2 N–H and O–H groups in total. The molecule has 0 unspecified atom stereocenters. The van der Waals surface area contributed by atoms with Crippen LogP contribution in [0.3, 0.4) is 0 Å². The number of unbranched alkanes of at least 4 members (excludes halogenated alkanes) is 2. The zero-order valence-corrected chi connectivity index (χ0v) is 15.7. The average Bonchev–Trinajstić information content (AvgIpc) is 2.58. The lowest BCUT2D eigenvalue weighted by molar-refractivity contribution is -0.204. The van der Waals surface area contributed by atoms with E-state index in [1.54, 1.807) is 6.92 Å². The van der Waals surface area contributed by atoms with E-state index in [0.29, 0.717) is 30.8 Å². The van der Waals surface area contributed by atoms with Gasteiger partial charge in [0.1, 0.15) is 5.56 Å². The Kier molecular flexibility index (Phi) is 9.13. The fourth-order valence-electron chi connectivity index (χ4n) is 2.76. The highest BCUT2D eigenvalue weighted by atomic mass is 17.2. The van der Waals surface area contributed by atoms with Gasteiger partial charge in [0, 0.05) is 5.56 Å². The number of rotatable bonds is 12. The lowest BCUT2D eigenvalue weighted by atomic mass is 9.91. The Morgan fingerprint density at radius 2 is 1.52 bits per heavy atom. The smallest absolute Gasteiger partial charge is 0.339 e. The number of aromatic hydroxyl groups is 1. The Bertz CT molecular complexity index is 568. The van der Waals surface area contributed by atoms with E-state index in [9.17, 15) is 15.0 Å². The highest BCUT2D eigenvalue weighted by molar-refractivity contribution is 5.95. The fourth-order valence-corrected chi connectivity index (χ4v) is 2.76. The highest BCUT2D eigenvalue weighted by Gasteiger charge is 2.29. The van der Waals surface area contributed by atoms with Crippen LogP contribution in [-0.2, 0) is 17.7 Å². The summed E-state index contributed by atoms with van der Waals surface area (Å²) in [5.41, 5.74) is 1.31. The van der Waals surface area contributed by atoms with E-state index in [2.05, 4.69) is 6.92 Å². The predicted molar refractivity (Wildman–Crippen MR) is 95.7 cm³/mol. The summed E-state index contributed by atoms with van der Waals surface area (Å²) >= 11 is 0. The maximum Gasteiger partial charge on any atom is 0.339 e. The molecule has 6 heteroatoms. The van der Waals surface area contributed by atoms with Gasteiger partial charge in [-0.15, -0.1) is 0 Å².